The predicted octanol–water partition coefficient (Wildman–Crippen LogP) is 16.9. The number of carbonyl (C=O) groups is 1. The van der Waals surface area contributed by atoms with Gasteiger partial charge < -0.3 is 15.5 Å². The van der Waals surface area contributed by atoms with Crippen molar-refractivity contribution >= 4 is 5.91 Å². The molecule has 2 atom stereocenters. The van der Waals surface area contributed by atoms with Gasteiger partial charge in [0.15, 0.2) is 0 Å². The highest BCUT2D eigenvalue weighted by Gasteiger charge is 2.20. The minimum Gasteiger partial charge on any atom is -0.394 e. The monoisotopic (exact) mass is 824 g/mol. The van der Waals surface area contributed by atoms with Crippen LogP contribution in [0, 0.1) is 0 Å². The Morgan fingerprint density at radius 3 is 1.12 bits per heavy atom. The van der Waals surface area contributed by atoms with E-state index in [0.29, 0.717) is 12.8 Å². The van der Waals surface area contributed by atoms with Gasteiger partial charge in [0.2, 0.25) is 5.91 Å². The summed E-state index contributed by atoms with van der Waals surface area (Å²) in [6.07, 6.45) is 70.4. The van der Waals surface area contributed by atoms with E-state index < -0.39 is 12.1 Å². The molecule has 0 aliphatic carbocycles. The second-order valence-corrected chi connectivity index (χ2v) is 17.6. The first kappa shape index (κ1) is 57.1. The number of aliphatic hydroxyl groups excluding tert-OH is 2. The van der Waals surface area contributed by atoms with Crippen LogP contribution in [0.4, 0.5) is 0 Å². The molecule has 59 heavy (non-hydrogen) atoms. The van der Waals surface area contributed by atoms with Crippen molar-refractivity contribution in [2.45, 2.75) is 276 Å². The highest BCUT2D eigenvalue weighted by Crippen LogP contribution is 2.17. The summed E-state index contributed by atoms with van der Waals surface area (Å²) in [6, 6.07) is -0.539. The number of aliphatic hydroxyl groups is 2. The van der Waals surface area contributed by atoms with Crippen molar-refractivity contribution in [3.63, 3.8) is 0 Å². The number of hydrogen-bond donors (Lipinski definition) is 3. The van der Waals surface area contributed by atoms with Crippen LogP contribution in [0.15, 0.2) is 60.8 Å². The molecule has 0 aromatic rings. The average molecular weight is 824 g/mol. The normalized spacial score (nSPS) is 13.4. The molecule has 0 bridgehead atoms. The third-order valence-electron chi connectivity index (χ3n) is 11.8. The van der Waals surface area contributed by atoms with Crippen molar-refractivity contribution in [2.24, 2.45) is 0 Å². The lowest BCUT2D eigenvalue weighted by molar-refractivity contribution is -0.123. The number of carbonyl (C=O) groups excluding carboxylic acids is 1. The van der Waals surface area contributed by atoms with Crippen molar-refractivity contribution in [2.75, 3.05) is 6.61 Å². The molecule has 0 saturated carbocycles. The van der Waals surface area contributed by atoms with Gasteiger partial charge in [0.25, 0.3) is 0 Å². The predicted molar refractivity (Wildman–Crippen MR) is 262 cm³/mol. The molecule has 1 amide bonds. The third-order valence-corrected chi connectivity index (χ3v) is 11.8. The molecule has 0 saturated heterocycles. The van der Waals surface area contributed by atoms with Crippen molar-refractivity contribution in [1.29, 1.82) is 0 Å². The Kier molecular flexibility index (Phi) is 48.8. The van der Waals surface area contributed by atoms with E-state index in [4.69, 9.17) is 0 Å². The SMILES string of the molecule is CC/C=C\C/C=C\C/C=C\C/C=C\C/C=C\CCCCCCCCCCCCCCCC(=O)NC(CO)C(O)CCCCCCCCCCCCCCCCCCCC. The van der Waals surface area contributed by atoms with Gasteiger partial charge in [-0.15, -0.1) is 0 Å². The molecule has 0 spiro atoms. The molecule has 0 aliphatic heterocycles. The highest BCUT2D eigenvalue weighted by molar-refractivity contribution is 5.76. The maximum Gasteiger partial charge on any atom is 0.220 e. The van der Waals surface area contributed by atoms with Crippen molar-refractivity contribution < 1.29 is 15.0 Å². The van der Waals surface area contributed by atoms with E-state index in [0.717, 1.165) is 57.8 Å². The third kappa shape index (κ3) is 47.0. The van der Waals surface area contributed by atoms with Crippen LogP contribution < -0.4 is 5.32 Å². The molecular formula is C55H101NO3. The summed E-state index contributed by atoms with van der Waals surface area (Å²) in [4.78, 5) is 12.5. The Labute approximate surface area is 368 Å². The maximum atomic E-state index is 12.5. The maximum absolute atomic E-state index is 12.5. The Balaban J connectivity index is 3.49. The molecule has 0 radical (unpaired) electrons. The molecule has 344 valence electrons. The minimum absolute atomic E-state index is 0.0323. The van der Waals surface area contributed by atoms with Gasteiger partial charge in [-0.1, -0.05) is 261 Å². The minimum atomic E-state index is -0.662. The first-order valence-electron chi connectivity index (χ1n) is 26.0. The van der Waals surface area contributed by atoms with E-state index in [2.05, 4.69) is 79.9 Å². The van der Waals surface area contributed by atoms with Crippen LogP contribution >= 0.6 is 0 Å². The first-order chi connectivity index (χ1) is 29.2. The summed E-state index contributed by atoms with van der Waals surface area (Å²) in [6.45, 7) is 4.26. The average Bonchev–Trinajstić information content (AvgIpc) is 3.24. The molecular weight excluding hydrogens is 723 g/mol. The van der Waals surface area contributed by atoms with Gasteiger partial charge in [-0.3, -0.25) is 4.79 Å². The van der Waals surface area contributed by atoms with Crippen molar-refractivity contribution in [3.05, 3.63) is 60.8 Å². The Morgan fingerprint density at radius 1 is 0.424 bits per heavy atom. The first-order valence-corrected chi connectivity index (χ1v) is 26.0. The lowest BCUT2D eigenvalue weighted by Gasteiger charge is -2.22. The van der Waals surface area contributed by atoms with Gasteiger partial charge in [0.05, 0.1) is 18.8 Å². The molecule has 4 heteroatoms. The van der Waals surface area contributed by atoms with Gasteiger partial charge >= 0.3 is 0 Å². The van der Waals surface area contributed by atoms with E-state index in [-0.39, 0.29) is 12.5 Å². The zero-order chi connectivity index (χ0) is 42.8. The summed E-state index contributed by atoms with van der Waals surface area (Å²) in [5, 5.41) is 23.3. The number of rotatable bonds is 47. The molecule has 0 aromatic carbocycles. The van der Waals surface area contributed by atoms with Crippen LogP contribution in [0.2, 0.25) is 0 Å². The molecule has 2 unspecified atom stereocenters. The summed E-state index contributed by atoms with van der Waals surface area (Å²) in [7, 11) is 0. The van der Waals surface area contributed by atoms with Crippen LogP contribution in [0.5, 0.6) is 0 Å². The second-order valence-electron chi connectivity index (χ2n) is 17.6. The molecule has 0 fully saturated rings. The lowest BCUT2D eigenvalue weighted by Crippen LogP contribution is -2.45. The number of unbranched alkanes of at least 4 members (excludes halogenated alkanes) is 30. The largest absolute Gasteiger partial charge is 0.394 e. The van der Waals surface area contributed by atoms with Crippen LogP contribution in [-0.2, 0) is 4.79 Å². The van der Waals surface area contributed by atoms with E-state index in [1.807, 2.05) is 0 Å². The highest BCUT2D eigenvalue weighted by atomic mass is 16.3. The quantitative estimate of drug-likeness (QED) is 0.0423. The van der Waals surface area contributed by atoms with Crippen LogP contribution in [0.1, 0.15) is 264 Å². The molecule has 0 aromatic heterocycles. The zero-order valence-electron chi connectivity index (χ0n) is 39.5. The molecule has 0 heterocycles. The van der Waals surface area contributed by atoms with Crippen LogP contribution in [0.3, 0.4) is 0 Å². The van der Waals surface area contributed by atoms with Crippen LogP contribution in [-0.4, -0.2) is 34.9 Å². The molecule has 3 N–H and O–H groups in total. The fraction of sp³-hybridized carbons (Fsp3) is 0.800. The van der Waals surface area contributed by atoms with Crippen molar-refractivity contribution in [3.8, 4) is 0 Å². The fourth-order valence-corrected chi connectivity index (χ4v) is 7.86. The zero-order valence-corrected chi connectivity index (χ0v) is 39.5. The van der Waals surface area contributed by atoms with Crippen molar-refractivity contribution in [1.82, 2.24) is 5.32 Å². The standard InChI is InChI=1S/C55H101NO3/c1-3-5-7-9-11-13-15-17-19-21-23-24-25-26-27-28-29-30-31-32-33-35-37-39-41-43-45-47-49-51-55(59)56-53(52-57)54(58)50-48-46-44-42-40-38-36-34-22-20-18-16-14-12-10-8-6-4-2/h5,7,11,13,17,19,23-24,26-27,53-54,57-58H,3-4,6,8-10,12,14-16,18,20-22,25,28-52H2,1-2H3,(H,56,59)/b7-5-,13-11-,19-17-,24-23-,27-26-. The molecule has 0 rings (SSSR count). The van der Waals surface area contributed by atoms with E-state index in [1.54, 1.807) is 0 Å². The number of hydrogen-bond acceptors (Lipinski definition) is 3. The van der Waals surface area contributed by atoms with Gasteiger partial charge in [-0.05, 0) is 57.8 Å². The van der Waals surface area contributed by atoms with Gasteiger partial charge in [-0.25, -0.2) is 0 Å². The van der Waals surface area contributed by atoms with Gasteiger partial charge in [0, 0.05) is 6.42 Å². The van der Waals surface area contributed by atoms with E-state index >= 15 is 0 Å². The fourth-order valence-electron chi connectivity index (χ4n) is 7.86. The Bertz CT molecular complexity index is 981. The Hall–Kier alpha value is -1.91. The summed E-state index contributed by atoms with van der Waals surface area (Å²) >= 11 is 0. The Morgan fingerprint density at radius 2 is 0.746 bits per heavy atom. The number of amides is 1. The van der Waals surface area contributed by atoms with E-state index in [9.17, 15) is 15.0 Å². The summed E-state index contributed by atoms with van der Waals surface area (Å²) in [5.74, 6) is -0.0323. The van der Waals surface area contributed by atoms with Gasteiger partial charge in [-0.2, -0.15) is 0 Å². The lowest BCUT2D eigenvalue weighted by atomic mass is 10.0. The molecule has 0 aliphatic rings. The number of allylic oxidation sites excluding steroid dienone is 10. The summed E-state index contributed by atoms with van der Waals surface area (Å²) in [5.41, 5.74) is 0. The van der Waals surface area contributed by atoms with Gasteiger partial charge in [0.1, 0.15) is 0 Å². The molecule has 4 nitrogen and oxygen atoms in total. The van der Waals surface area contributed by atoms with E-state index in [1.165, 1.54) is 180 Å². The number of nitrogens with one attached hydrogen (secondary N) is 1. The second kappa shape index (κ2) is 50.4. The topological polar surface area (TPSA) is 69.6 Å². The van der Waals surface area contributed by atoms with Crippen LogP contribution in [0.25, 0.3) is 0 Å². The smallest absolute Gasteiger partial charge is 0.220 e. The summed E-state index contributed by atoms with van der Waals surface area (Å²) < 4.78 is 0.